The first-order chi connectivity index (χ1) is 10.8. The number of carbonyl (C=O) groups excluding carboxylic acids is 1. The molecule has 1 saturated heterocycles. The number of carbonyl (C=O) groups is 1. The molecule has 1 aromatic heterocycles. The highest BCUT2D eigenvalue weighted by Crippen LogP contribution is 2.28. The van der Waals surface area contributed by atoms with E-state index < -0.39 is 0 Å². The Morgan fingerprint density at radius 1 is 1.18 bits per heavy atom. The molecule has 116 valence electrons. The summed E-state index contributed by atoms with van der Waals surface area (Å²) in [7, 11) is 0. The van der Waals surface area contributed by atoms with Gasteiger partial charge in [0, 0.05) is 25.7 Å². The molecule has 0 saturated carbocycles. The molecule has 1 fully saturated rings. The van der Waals surface area contributed by atoms with Gasteiger partial charge in [0.15, 0.2) is 0 Å². The Morgan fingerprint density at radius 3 is 2.73 bits per heavy atom. The number of aromatic nitrogens is 2. The zero-order valence-corrected chi connectivity index (χ0v) is 13.1. The lowest BCUT2D eigenvalue weighted by Crippen LogP contribution is -2.30. The number of benzene rings is 1. The van der Waals surface area contributed by atoms with Crippen molar-refractivity contribution in [3.63, 3.8) is 0 Å². The molecular weight excluding hydrogens is 274 g/mol. The van der Waals surface area contributed by atoms with E-state index in [1.807, 2.05) is 27.9 Å². The van der Waals surface area contributed by atoms with Crippen LogP contribution in [0, 0.1) is 0 Å². The molecule has 1 aliphatic rings. The summed E-state index contributed by atoms with van der Waals surface area (Å²) in [5, 5.41) is 4.49. The van der Waals surface area contributed by atoms with E-state index in [4.69, 9.17) is 0 Å². The zero-order valence-electron chi connectivity index (χ0n) is 13.1. The topological polar surface area (TPSA) is 38.1 Å². The van der Waals surface area contributed by atoms with Gasteiger partial charge in [-0.2, -0.15) is 5.10 Å². The molecule has 0 N–H and O–H groups in total. The predicted octanol–water partition coefficient (Wildman–Crippen LogP) is 3.20. The molecule has 0 bridgehead atoms. The van der Waals surface area contributed by atoms with Crippen molar-refractivity contribution in [3.05, 3.63) is 53.9 Å². The van der Waals surface area contributed by atoms with Gasteiger partial charge in [0.2, 0.25) is 5.91 Å². The fourth-order valence-corrected chi connectivity index (χ4v) is 3.12. The SMILES string of the molecule is CCn1ccc(CN2CCC(c3ccccc3)CCC2=O)n1. The second-order valence-corrected chi connectivity index (χ2v) is 5.91. The van der Waals surface area contributed by atoms with Crippen molar-refractivity contribution in [2.24, 2.45) is 0 Å². The highest BCUT2D eigenvalue weighted by atomic mass is 16.2. The Kier molecular flexibility index (Phi) is 4.56. The summed E-state index contributed by atoms with van der Waals surface area (Å²) < 4.78 is 1.91. The van der Waals surface area contributed by atoms with Gasteiger partial charge in [-0.05, 0) is 37.3 Å². The van der Waals surface area contributed by atoms with E-state index in [0.717, 1.165) is 31.6 Å². The van der Waals surface area contributed by atoms with Crippen molar-refractivity contribution in [1.82, 2.24) is 14.7 Å². The maximum atomic E-state index is 12.4. The van der Waals surface area contributed by atoms with Gasteiger partial charge in [-0.1, -0.05) is 30.3 Å². The molecule has 0 aliphatic carbocycles. The van der Waals surface area contributed by atoms with Gasteiger partial charge in [-0.25, -0.2) is 0 Å². The fraction of sp³-hybridized carbons (Fsp3) is 0.444. The van der Waals surface area contributed by atoms with E-state index in [0.29, 0.717) is 18.9 Å². The molecule has 22 heavy (non-hydrogen) atoms. The molecule has 1 aromatic carbocycles. The summed E-state index contributed by atoms with van der Waals surface area (Å²) in [6.07, 6.45) is 4.59. The molecule has 1 atom stereocenters. The third-order valence-corrected chi connectivity index (χ3v) is 4.45. The van der Waals surface area contributed by atoms with Gasteiger partial charge in [-0.15, -0.1) is 0 Å². The van der Waals surface area contributed by atoms with Crippen LogP contribution in [0.4, 0.5) is 0 Å². The number of likely N-dealkylation sites (tertiary alicyclic amines) is 1. The lowest BCUT2D eigenvalue weighted by molar-refractivity contribution is -0.131. The van der Waals surface area contributed by atoms with Crippen molar-refractivity contribution < 1.29 is 4.79 Å². The Labute approximate surface area is 131 Å². The molecule has 0 spiro atoms. The number of rotatable bonds is 4. The van der Waals surface area contributed by atoms with Crippen LogP contribution < -0.4 is 0 Å². The Morgan fingerprint density at radius 2 is 2.00 bits per heavy atom. The lowest BCUT2D eigenvalue weighted by atomic mass is 9.92. The van der Waals surface area contributed by atoms with Crippen LogP contribution >= 0.6 is 0 Å². The predicted molar refractivity (Wildman–Crippen MR) is 86.4 cm³/mol. The first kappa shape index (κ1) is 14.8. The van der Waals surface area contributed by atoms with Gasteiger partial charge in [0.05, 0.1) is 12.2 Å². The first-order valence-electron chi connectivity index (χ1n) is 8.11. The maximum Gasteiger partial charge on any atom is 0.222 e. The largest absolute Gasteiger partial charge is 0.337 e. The smallest absolute Gasteiger partial charge is 0.222 e. The minimum atomic E-state index is 0.254. The number of nitrogens with zero attached hydrogens (tertiary/aromatic N) is 3. The summed E-state index contributed by atoms with van der Waals surface area (Å²) >= 11 is 0. The molecule has 1 aliphatic heterocycles. The van der Waals surface area contributed by atoms with Gasteiger partial charge >= 0.3 is 0 Å². The van der Waals surface area contributed by atoms with Crippen molar-refractivity contribution >= 4 is 5.91 Å². The molecule has 2 aromatic rings. The molecule has 4 nitrogen and oxygen atoms in total. The normalized spacial score (nSPS) is 19.2. The van der Waals surface area contributed by atoms with Crippen molar-refractivity contribution in [1.29, 1.82) is 0 Å². The van der Waals surface area contributed by atoms with E-state index in [9.17, 15) is 4.79 Å². The quantitative estimate of drug-likeness (QED) is 0.869. The Bertz CT molecular complexity index is 620. The van der Waals surface area contributed by atoms with Crippen molar-refractivity contribution in [2.75, 3.05) is 6.54 Å². The number of hydrogen-bond acceptors (Lipinski definition) is 2. The van der Waals surface area contributed by atoms with Crippen LogP contribution in [0.25, 0.3) is 0 Å². The minimum absolute atomic E-state index is 0.254. The van der Waals surface area contributed by atoms with Gasteiger partial charge < -0.3 is 4.90 Å². The maximum absolute atomic E-state index is 12.4. The van der Waals surface area contributed by atoms with Crippen LogP contribution in [-0.4, -0.2) is 27.1 Å². The van der Waals surface area contributed by atoms with Crippen LogP contribution in [0.5, 0.6) is 0 Å². The molecule has 1 unspecified atom stereocenters. The van der Waals surface area contributed by atoms with E-state index in [2.05, 4.69) is 36.3 Å². The van der Waals surface area contributed by atoms with Crippen LogP contribution in [0.2, 0.25) is 0 Å². The average Bonchev–Trinajstić information content (AvgIpc) is 2.94. The lowest BCUT2D eigenvalue weighted by Gasteiger charge is -2.19. The van der Waals surface area contributed by atoms with Gasteiger partial charge in [0.25, 0.3) is 0 Å². The Hall–Kier alpha value is -2.10. The van der Waals surface area contributed by atoms with Gasteiger partial charge in [0.1, 0.15) is 0 Å². The summed E-state index contributed by atoms with van der Waals surface area (Å²) in [5.41, 5.74) is 2.33. The van der Waals surface area contributed by atoms with Crippen LogP contribution in [0.3, 0.4) is 0 Å². The summed E-state index contributed by atoms with van der Waals surface area (Å²) in [6, 6.07) is 12.6. The van der Waals surface area contributed by atoms with Crippen LogP contribution in [0.1, 0.15) is 43.4 Å². The van der Waals surface area contributed by atoms with Crippen molar-refractivity contribution in [2.45, 2.75) is 45.2 Å². The second kappa shape index (κ2) is 6.77. The summed E-state index contributed by atoms with van der Waals surface area (Å²) in [4.78, 5) is 14.3. The zero-order chi connectivity index (χ0) is 15.4. The third-order valence-electron chi connectivity index (χ3n) is 4.45. The van der Waals surface area contributed by atoms with Gasteiger partial charge in [-0.3, -0.25) is 9.48 Å². The number of hydrogen-bond donors (Lipinski definition) is 0. The van der Waals surface area contributed by atoms with Crippen LogP contribution in [0.15, 0.2) is 42.6 Å². The Balaban J connectivity index is 1.65. The monoisotopic (exact) mass is 297 g/mol. The summed E-state index contributed by atoms with van der Waals surface area (Å²) in [6.45, 7) is 4.38. The standard InChI is InChI=1S/C18H23N3O/c1-2-21-13-11-17(19-21)14-20-12-10-16(8-9-18(20)22)15-6-4-3-5-7-15/h3-7,11,13,16H,2,8-10,12,14H2,1H3. The number of amides is 1. The van der Waals surface area contributed by atoms with E-state index in [1.54, 1.807) is 0 Å². The van der Waals surface area contributed by atoms with E-state index in [1.165, 1.54) is 5.56 Å². The minimum Gasteiger partial charge on any atom is -0.337 e. The van der Waals surface area contributed by atoms with E-state index >= 15 is 0 Å². The average molecular weight is 297 g/mol. The molecule has 3 rings (SSSR count). The molecule has 2 heterocycles. The first-order valence-corrected chi connectivity index (χ1v) is 8.11. The molecular formula is C18H23N3O. The molecule has 4 heteroatoms. The molecule has 1 amide bonds. The fourth-order valence-electron chi connectivity index (χ4n) is 3.12. The second-order valence-electron chi connectivity index (χ2n) is 5.91. The van der Waals surface area contributed by atoms with Crippen molar-refractivity contribution in [3.8, 4) is 0 Å². The number of aryl methyl sites for hydroxylation is 1. The van der Waals surface area contributed by atoms with Crippen LogP contribution in [-0.2, 0) is 17.9 Å². The third kappa shape index (κ3) is 3.38. The molecule has 0 radical (unpaired) electrons. The highest BCUT2D eigenvalue weighted by molar-refractivity contribution is 5.76. The van der Waals surface area contributed by atoms with E-state index in [-0.39, 0.29) is 5.91 Å². The summed E-state index contributed by atoms with van der Waals surface area (Å²) in [5.74, 6) is 0.743. The highest BCUT2D eigenvalue weighted by Gasteiger charge is 2.23.